The topological polar surface area (TPSA) is 0 Å². The van der Waals surface area contributed by atoms with Crippen molar-refractivity contribution in [2.24, 2.45) is 11.8 Å². The third kappa shape index (κ3) is 1.39. The van der Waals surface area contributed by atoms with Crippen LogP contribution in [0.15, 0.2) is 42.5 Å². The summed E-state index contributed by atoms with van der Waals surface area (Å²) in [5.74, 6) is 2.54. The number of fused-ring (bicyclic) bond motifs is 2. The first-order valence-corrected chi connectivity index (χ1v) is 5.17. The van der Waals surface area contributed by atoms with E-state index in [-0.39, 0.29) is 7.43 Å². The van der Waals surface area contributed by atoms with E-state index in [1.165, 1.54) is 12.8 Å². The second-order valence-corrected chi connectivity index (χ2v) is 4.30. The molecular formula is C14H18. The van der Waals surface area contributed by atoms with Crippen molar-refractivity contribution in [3.8, 4) is 0 Å². The van der Waals surface area contributed by atoms with Gasteiger partial charge in [0.1, 0.15) is 0 Å². The van der Waals surface area contributed by atoms with Gasteiger partial charge in [-0.25, -0.2) is 0 Å². The van der Waals surface area contributed by atoms with Crippen LogP contribution >= 0.6 is 0 Å². The molecule has 0 nitrogen and oxygen atoms in total. The molecule has 1 fully saturated rings. The Labute approximate surface area is 86.7 Å². The average Bonchev–Trinajstić information content (AvgIpc) is 2.80. The summed E-state index contributed by atoms with van der Waals surface area (Å²) in [6, 6.07) is 11.0. The minimum atomic E-state index is 0. The maximum atomic E-state index is 2.42. The largest absolute Gasteiger partial charge is 0.0851 e. The van der Waals surface area contributed by atoms with Crippen LogP contribution in [0.4, 0.5) is 0 Å². The van der Waals surface area contributed by atoms with Crippen LogP contribution in [0.1, 0.15) is 31.7 Å². The van der Waals surface area contributed by atoms with E-state index in [2.05, 4.69) is 42.5 Å². The zero-order valence-electron chi connectivity index (χ0n) is 7.69. The van der Waals surface area contributed by atoms with Crippen LogP contribution in [0.25, 0.3) is 0 Å². The number of rotatable bonds is 1. The molecule has 1 aromatic rings. The van der Waals surface area contributed by atoms with Gasteiger partial charge in [0.05, 0.1) is 0 Å². The fraction of sp³-hybridized carbons (Fsp3) is 0.429. The van der Waals surface area contributed by atoms with E-state index in [1.807, 2.05) is 0 Å². The van der Waals surface area contributed by atoms with Crippen molar-refractivity contribution in [1.82, 2.24) is 0 Å². The Hall–Kier alpha value is -1.04. The monoisotopic (exact) mass is 186 g/mol. The van der Waals surface area contributed by atoms with Gasteiger partial charge in [0.25, 0.3) is 0 Å². The molecule has 0 saturated heterocycles. The minimum absolute atomic E-state index is 0. The van der Waals surface area contributed by atoms with Gasteiger partial charge in [-0.05, 0) is 36.2 Å². The highest BCUT2D eigenvalue weighted by atomic mass is 14.4. The lowest BCUT2D eigenvalue weighted by atomic mass is 9.87. The molecule has 0 aliphatic heterocycles. The number of hydrogen-bond donors (Lipinski definition) is 0. The Morgan fingerprint density at radius 1 is 0.929 bits per heavy atom. The van der Waals surface area contributed by atoms with Crippen molar-refractivity contribution < 1.29 is 0 Å². The lowest BCUT2D eigenvalue weighted by Crippen LogP contribution is -2.04. The zero-order chi connectivity index (χ0) is 8.67. The molecule has 14 heavy (non-hydrogen) atoms. The maximum Gasteiger partial charge on any atom is -0.00932 e. The Morgan fingerprint density at radius 3 is 2.29 bits per heavy atom. The van der Waals surface area contributed by atoms with Gasteiger partial charge in [0, 0.05) is 0 Å². The molecule has 0 spiro atoms. The molecule has 0 unspecified atom stereocenters. The molecule has 74 valence electrons. The molecule has 0 heteroatoms. The Kier molecular flexibility index (Phi) is 2.45. The van der Waals surface area contributed by atoms with Crippen LogP contribution in [0.3, 0.4) is 0 Å². The van der Waals surface area contributed by atoms with Crippen molar-refractivity contribution >= 4 is 0 Å². The summed E-state index contributed by atoms with van der Waals surface area (Å²) in [6.45, 7) is 0. The average molecular weight is 186 g/mol. The third-order valence-corrected chi connectivity index (χ3v) is 3.51. The standard InChI is InChI=1S/C13H14.CH4/c1-2-4-11(5-3-1)13-9-10-6-7-12(13)8-10;/h1-7,10,12-13H,8-9H2;1H4/t10-,12+,13-;/m1./s1. The van der Waals surface area contributed by atoms with Crippen LogP contribution in [-0.4, -0.2) is 0 Å². The van der Waals surface area contributed by atoms with Gasteiger partial charge in [0.15, 0.2) is 0 Å². The highest BCUT2D eigenvalue weighted by molar-refractivity contribution is 5.27. The molecule has 1 saturated carbocycles. The fourth-order valence-electron chi connectivity index (χ4n) is 2.86. The molecule has 3 atom stereocenters. The normalized spacial score (nSPS) is 33.0. The van der Waals surface area contributed by atoms with Gasteiger partial charge in [0.2, 0.25) is 0 Å². The van der Waals surface area contributed by atoms with E-state index >= 15 is 0 Å². The molecule has 2 bridgehead atoms. The predicted octanol–water partition coefficient (Wildman–Crippen LogP) is 4.00. The lowest BCUT2D eigenvalue weighted by molar-refractivity contribution is 0.585. The predicted molar refractivity (Wildman–Crippen MR) is 61.3 cm³/mol. The van der Waals surface area contributed by atoms with Crippen molar-refractivity contribution in [3.63, 3.8) is 0 Å². The van der Waals surface area contributed by atoms with E-state index in [4.69, 9.17) is 0 Å². The molecule has 0 N–H and O–H groups in total. The molecule has 1 aromatic carbocycles. The van der Waals surface area contributed by atoms with Crippen molar-refractivity contribution in [3.05, 3.63) is 48.0 Å². The fourth-order valence-corrected chi connectivity index (χ4v) is 2.86. The molecule has 0 heterocycles. The minimum Gasteiger partial charge on any atom is -0.0851 e. The van der Waals surface area contributed by atoms with E-state index in [9.17, 15) is 0 Å². The van der Waals surface area contributed by atoms with Crippen molar-refractivity contribution in [2.75, 3.05) is 0 Å². The summed E-state index contributed by atoms with van der Waals surface area (Å²) in [5.41, 5.74) is 1.54. The molecule has 0 amide bonds. The van der Waals surface area contributed by atoms with Crippen molar-refractivity contribution in [2.45, 2.75) is 26.2 Å². The van der Waals surface area contributed by atoms with Gasteiger partial charge in [-0.1, -0.05) is 49.9 Å². The Bertz CT molecular complexity index is 323. The molecule has 2 aliphatic rings. The summed E-state index contributed by atoms with van der Waals surface area (Å²) in [7, 11) is 0. The van der Waals surface area contributed by atoms with Gasteiger partial charge >= 0.3 is 0 Å². The molecule has 0 aromatic heterocycles. The Morgan fingerprint density at radius 2 is 1.71 bits per heavy atom. The molecular weight excluding hydrogens is 168 g/mol. The van der Waals surface area contributed by atoms with E-state index in [0.29, 0.717) is 0 Å². The Balaban J connectivity index is 0.000000750. The second kappa shape index (κ2) is 3.61. The summed E-state index contributed by atoms with van der Waals surface area (Å²) in [5, 5.41) is 0. The lowest BCUT2D eigenvalue weighted by Gasteiger charge is -2.17. The van der Waals surface area contributed by atoms with Gasteiger partial charge in [-0.2, -0.15) is 0 Å². The number of hydrogen-bond acceptors (Lipinski definition) is 0. The van der Waals surface area contributed by atoms with E-state index < -0.39 is 0 Å². The molecule has 3 rings (SSSR count). The molecule has 0 radical (unpaired) electrons. The maximum absolute atomic E-state index is 2.42. The van der Waals surface area contributed by atoms with Gasteiger partial charge in [-0.3, -0.25) is 0 Å². The van der Waals surface area contributed by atoms with Gasteiger partial charge in [-0.15, -0.1) is 0 Å². The zero-order valence-corrected chi connectivity index (χ0v) is 7.69. The van der Waals surface area contributed by atoms with Crippen LogP contribution in [0.5, 0.6) is 0 Å². The highest BCUT2D eigenvalue weighted by Gasteiger charge is 2.35. The summed E-state index contributed by atoms with van der Waals surface area (Å²) >= 11 is 0. The smallest absolute Gasteiger partial charge is 0.00932 e. The summed E-state index contributed by atoms with van der Waals surface area (Å²) in [6.07, 6.45) is 7.61. The summed E-state index contributed by atoms with van der Waals surface area (Å²) < 4.78 is 0. The van der Waals surface area contributed by atoms with Crippen molar-refractivity contribution in [1.29, 1.82) is 0 Å². The van der Waals surface area contributed by atoms with Gasteiger partial charge < -0.3 is 0 Å². The third-order valence-electron chi connectivity index (χ3n) is 3.51. The highest BCUT2D eigenvalue weighted by Crippen LogP contribution is 2.48. The first-order chi connectivity index (χ1) is 6.43. The quantitative estimate of drug-likeness (QED) is 0.581. The van der Waals surface area contributed by atoms with Crippen LogP contribution in [0.2, 0.25) is 0 Å². The second-order valence-electron chi connectivity index (χ2n) is 4.30. The van der Waals surface area contributed by atoms with Crippen LogP contribution in [-0.2, 0) is 0 Å². The van der Waals surface area contributed by atoms with E-state index in [1.54, 1.807) is 5.56 Å². The first kappa shape index (κ1) is 9.51. The SMILES string of the molecule is C.C1=C[C@H]2C[C@@H]1C[C@@H]2c1ccccc1. The summed E-state index contributed by atoms with van der Waals surface area (Å²) in [4.78, 5) is 0. The number of allylic oxidation sites excluding steroid dienone is 2. The molecule has 2 aliphatic carbocycles. The van der Waals surface area contributed by atoms with Crippen LogP contribution in [0, 0.1) is 11.8 Å². The number of benzene rings is 1. The van der Waals surface area contributed by atoms with Crippen LogP contribution < -0.4 is 0 Å². The first-order valence-electron chi connectivity index (χ1n) is 5.17. The van der Waals surface area contributed by atoms with E-state index in [0.717, 1.165) is 17.8 Å².